The van der Waals surface area contributed by atoms with E-state index in [1.165, 1.54) is 0 Å². The lowest BCUT2D eigenvalue weighted by Gasteiger charge is -2.19. The van der Waals surface area contributed by atoms with Crippen LogP contribution in [0.2, 0.25) is 0 Å². The molecule has 0 saturated heterocycles. The lowest BCUT2D eigenvalue weighted by molar-refractivity contribution is -0.117. The van der Waals surface area contributed by atoms with E-state index in [-0.39, 0.29) is 11.3 Å². The molecule has 6 nitrogen and oxygen atoms in total. The molecule has 1 amide bonds. The van der Waals surface area contributed by atoms with Gasteiger partial charge in [-0.1, -0.05) is 66.7 Å². The second kappa shape index (κ2) is 9.07. The average Bonchev–Trinajstić information content (AvgIpc) is 2.79. The molecule has 4 rings (SSSR count). The number of carbonyl (C=O) groups is 1. The first-order valence-electron chi connectivity index (χ1n) is 9.78. The largest absolute Gasteiger partial charge is 0.309 e. The van der Waals surface area contributed by atoms with Crippen molar-refractivity contribution in [3.63, 3.8) is 0 Å². The van der Waals surface area contributed by atoms with Gasteiger partial charge in [-0.15, -0.1) is 0 Å². The molecule has 1 aromatic heterocycles. The minimum Gasteiger partial charge on any atom is -0.309 e. The molecule has 31 heavy (non-hydrogen) atoms. The summed E-state index contributed by atoms with van der Waals surface area (Å²) < 4.78 is 28.8. The predicted octanol–water partition coefficient (Wildman–Crippen LogP) is 3.76. The van der Waals surface area contributed by atoms with Crippen LogP contribution in [0.15, 0.2) is 102 Å². The highest BCUT2D eigenvalue weighted by Crippen LogP contribution is 2.19. The fourth-order valence-electron chi connectivity index (χ4n) is 3.28. The molecule has 0 radical (unpaired) electrons. The van der Waals surface area contributed by atoms with Crippen molar-refractivity contribution in [2.45, 2.75) is 17.4 Å². The van der Waals surface area contributed by atoms with Crippen LogP contribution in [0.5, 0.6) is 0 Å². The summed E-state index contributed by atoms with van der Waals surface area (Å²) in [5.41, 5.74) is 0.838. The Morgan fingerprint density at radius 1 is 0.839 bits per heavy atom. The lowest BCUT2D eigenvalue weighted by atomic mass is 10.1. The van der Waals surface area contributed by atoms with Gasteiger partial charge in [0.05, 0.1) is 4.90 Å². The van der Waals surface area contributed by atoms with Crippen LogP contribution in [0.25, 0.3) is 10.8 Å². The Hall–Kier alpha value is -3.55. The fourth-order valence-corrected chi connectivity index (χ4v) is 4.51. The van der Waals surface area contributed by atoms with Crippen LogP contribution in [-0.4, -0.2) is 25.4 Å². The molecule has 4 aromatic rings. The smallest absolute Gasteiger partial charge is 0.244 e. The van der Waals surface area contributed by atoms with Gasteiger partial charge in [0.1, 0.15) is 11.9 Å². The lowest BCUT2D eigenvalue weighted by Crippen LogP contribution is -2.45. The Labute approximate surface area is 181 Å². The first kappa shape index (κ1) is 20.7. The molecule has 0 aliphatic carbocycles. The number of anilines is 1. The van der Waals surface area contributed by atoms with Crippen molar-refractivity contribution >= 4 is 32.5 Å². The number of amides is 1. The Balaban J connectivity index is 1.62. The third-order valence-corrected chi connectivity index (χ3v) is 6.31. The van der Waals surface area contributed by atoms with E-state index < -0.39 is 22.0 Å². The van der Waals surface area contributed by atoms with Gasteiger partial charge in [0.25, 0.3) is 0 Å². The number of hydrogen-bond donors (Lipinski definition) is 2. The van der Waals surface area contributed by atoms with Crippen LogP contribution in [0, 0.1) is 0 Å². The summed E-state index contributed by atoms with van der Waals surface area (Å²) in [6.45, 7) is 0. The van der Waals surface area contributed by atoms with Crippen molar-refractivity contribution in [1.82, 2.24) is 9.71 Å². The molecular formula is C24H21N3O3S. The number of carbonyl (C=O) groups excluding carboxylic acids is 1. The maximum atomic E-state index is 13.1. The standard InChI is InChI=1S/C24H21N3O3S/c28-24(26-23-12-6-7-15-25-23)22(16-18-8-2-1-3-9-18)27-31(29,30)21-14-13-19-10-4-5-11-20(19)17-21/h1-15,17,22,27H,16H2,(H,25,26,28)/t22-/m1/s1. The molecule has 0 aliphatic rings. The number of hydrogen-bond acceptors (Lipinski definition) is 4. The van der Waals surface area contributed by atoms with Crippen molar-refractivity contribution in [2.24, 2.45) is 0 Å². The van der Waals surface area contributed by atoms with Crippen molar-refractivity contribution in [3.05, 3.63) is 103 Å². The number of aromatic nitrogens is 1. The van der Waals surface area contributed by atoms with Crippen molar-refractivity contribution in [2.75, 3.05) is 5.32 Å². The van der Waals surface area contributed by atoms with Gasteiger partial charge in [-0.2, -0.15) is 4.72 Å². The Bertz CT molecular complexity index is 1290. The molecule has 0 fully saturated rings. The highest BCUT2D eigenvalue weighted by molar-refractivity contribution is 7.89. The molecule has 1 heterocycles. The van der Waals surface area contributed by atoms with Crippen LogP contribution >= 0.6 is 0 Å². The fraction of sp³-hybridized carbons (Fsp3) is 0.0833. The van der Waals surface area contributed by atoms with Gasteiger partial charge in [-0.05, 0) is 47.0 Å². The third kappa shape index (κ3) is 5.14. The Morgan fingerprint density at radius 2 is 1.55 bits per heavy atom. The SMILES string of the molecule is O=C(Nc1ccccn1)[C@@H](Cc1ccccc1)NS(=O)(=O)c1ccc2ccccc2c1. The van der Waals surface area contributed by atoms with Gasteiger partial charge < -0.3 is 5.32 Å². The topological polar surface area (TPSA) is 88.2 Å². The van der Waals surface area contributed by atoms with Gasteiger partial charge in [0, 0.05) is 6.20 Å². The van der Waals surface area contributed by atoms with Gasteiger partial charge >= 0.3 is 0 Å². The maximum absolute atomic E-state index is 13.1. The molecule has 0 bridgehead atoms. The zero-order chi connectivity index (χ0) is 21.7. The van der Waals surface area contributed by atoms with E-state index in [1.807, 2.05) is 54.6 Å². The minimum absolute atomic E-state index is 0.106. The number of sulfonamides is 1. The molecule has 2 N–H and O–H groups in total. The highest BCUT2D eigenvalue weighted by atomic mass is 32.2. The molecule has 7 heteroatoms. The van der Waals surface area contributed by atoms with Gasteiger partial charge in [-0.25, -0.2) is 13.4 Å². The quantitative estimate of drug-likeness (QED) is 0.466. The van der Waals surface area contributed by atoms with E-state index in [1.54, 1.807) is 42.6 Å². The van der Waals surface area contributed by atoms with Crippen LogP contribution < -0.4 is 10.0 Å². The summed E-state index contributed by atoms with van der Waals surface area (Å²) in [6.07, 6.45) is 1.76. The summed E-state index contributed by atoms with van der Waals surface area (Å²) >= 11 is 0. The highest BCUT2D eigenvalue weighted by Gasteiger charge is 2.26. The molecule has 3 aromatic carbocycles. The first-order valence-corrected chi connectivity index (χ1v) is 11.3. The second-order valence-electron chi connectivity index (χ2n) is 7.08. The summed E-state index contributed by atoms with van der Waals surface area (Å²) in [7, 11) is -3.94. The van der Waals surface area contributed by atoms with Crippen LogP contribution in [0.3, 0.4) is 0 Å². The summed E-state index contributed by atoms with van der Waals surface area (Å²) in [5, 5.41) is 4.44. The maximum Gasteiger partial charge on any atom is 0.244 e. The van der Waals surface area contributed by atoms with Crippen LogP contribution in [-0.2, 0) is 21.2 Å². The van der Waals surface area contributed by atoms with Crippen molar-refractivity contribution in [1.29, 1.82) is 0 Å². The molecular weight excluding hydrogens is 410 g/mol. The normalized spacial score (nSPS) is 12.4. The number of nitrogens with one attached hydrogen (secondary N) is 2. The average molecular weight is 432 g/mol. The van der Waals surface area contributed by atoms with Crippen molar-refractivity contribution in [3.8, 4) is 0 Å². The number of fused-ring (bicyclic) bond motifs is 1. The van der Waals surface area contributed by atoms with E-state index in [2.05, 4.69) is 15.0 Å². The second-order valence-corrected chi connectivity index (χ2v) is 8.79. The van der Waals surface area contributed by atoms with E-state index >= 15 is 0 Å². The molecule has 1 atom stereocenters. The van der Waals surface area contributed by atoms with Gasteiger partial charge in [-0.3, -0.25) is 4.79 Å². The summed E-state index contributed by atoms with van der Waals surface area (Å²) in [4.78, 5) is 17.2. The van der Waals surface area contributed by atoms with E-state index in [0.717, 1.165) is 16.3 Å². The van der Waals surface area contributed by atoms with E-state index in [0.29, 0.717) is 5.82 Å². The van der Waals surface area contributed by atoms with E-state index in [9.17, 15) is 13.2 Å². The van der Waals surface area contributed by atoms with Crippen molar-refractivity contribution < 1.29 is 13.2 Å². The molecule has 0 saturated carbocycles. The summed E-state index contributed by atoms with van der Waals surface area (Å²) in [6, 6.07) is 25.8. The number of pyridine rings is 1. The summed E-state index contributed by atoms with van der Waals surface area (Å²) in [5.74, 6) is -0.123. The molecule has 0 unspecified atom stereocenters. The van der Waals surface area contributed by atoms with Gasteiger partial charge in [0.2, 0.25) is 15.9 Å². The molecule has 156 valence electrons. The number of benzene rings is 3. The monoisotopic (exact) mass is 431 g/mol. The van der Waals surface area contributed by atoms with Crippen LogP contribution in [0.4, 0.5) is 5.82 Å². The predicted molar refractivity (Wildman–Crippen MR) is 121 cm³/mol. The number of nitrogens with zero attached hydrogens (tertiary/aromatic N) is 1. The Kier molecular flexibility index (Phi) is 6.06. The zero-order valence-corrected chi connectivity index (χ0v) is 17.4. The van der Waals surface area contributed by atoms with Gasteiger partial charge in [0.15, 0.2) is 0 Å². The Morgan fingerprint density at radius 3 is 2.29 bits per heavy atom. The number of rotatable bonds is 7. The van der Waals surface area contributed by atoms with E-state index in [4.69, 9.17) is 0 Å². The van der Waals surface area contributed by atoms with Crippen LogP contribution in [0.1, 0.15) is 5.56 Å². The third-order valence-electron chi connectivity index (χ3n) is 4.84. The minimum atomic E-state index is -3.94. The zero-order valence-electron chi connectivity index (χ0n) is 16.6. The molecule has 0 aliphatic heterocycles. The first-order chi connectivity index (χ1) is 15.0. The molecule has 0 spiro atoms.